The average Bonchev–Trinajstić information content (AvgIpc) is 2.75. The Labute approximate surface area is 87.9 Å². The van der Waals surface area contributed by atoms with E-state index in [2.05, 4.69) is 5.10 Å². The van der Waals surface area contributed by atoms with E-state index in [4.69, 9.17) is 10.8 Å². The van der Waals surface area contributed by atoms with Crippen molar-refractivity contribution in [3.8, 4) is 0 Å². The molecule has 0 atom stereocenters. The van der Waals surface area contributed by atoms with Gasteiger partial charge in [0.1, 0.15) is 12.4 Å². The number of nitrogens with zero attached hydrogens (tertiary/aromatic N) is 2. The Bertz CT molecular complexity index is 367. The van der Waals surface area contributed by atoms with Crippen LogP contribution in [0, 0.1) is 0 Å². The minimum Gasteiger partial charge on any atom is -0.480 e. The first kappa shape index (κ1) is 10.0. The Morgan fingerprint density at radius 2 is 2.27 bits per heavy atom. The first-order valence-electron chi connectivity index (χ1n) is 5.22. The minimum absolute atomic E-state index is 0.154. The topological polar surface area (TPSA) is 81.1 Å². The summed E-state index contributed by atoms with van der Waals surface area (Å²) < 4.78 is 1.36. The summed E-state index contributed by atoms with van der Waals surface area (Å²) in [6.45, 7) is -0.154. The van der Waals surface area contributed by atoms with Crippen LogP contribution in [-0.4, -0.2) is 20.9 Å². The Morgan fingerprint density at radius 1 is 1.60 bits per heavy atom. The lowest BCUT2D eigenvalue weighted by Gasteiger charge is -2.03. The normalized spacial score (nSPS) is 17.1. The number of carboxylic acids is 1. The number of hydrogen-bond acceptors (Lipinski definition) is 3. The second-order valence-corrected chi connectivity index (χ2v) is 4.03. The highest BCUT2D eigenvalue weighted by atomic mass is 16.4. The van der Waals surface area contributed by atoms with Gasteiger partial charge < -0.3 is 10.8 Å². The predicted molar refractivity (Wildman–Crippen MR) is 55.5 cm³/mol. The van der Waals surface area contributed by atoms with Crippen molar-refractivity contribution in [3.63, 3.8) is 0 Å². The third-order valence-corrected chi connectivity index (χ3v) is 2.89. The molecule has 1 aliphatic carbocycles. The number of rotatable bonds is 3. The first-order chi connectivity index (χ1) is 7.16. The quantitative estimate of drug-likeness (QED) is 0.783. The van der Waals surface area contributed by atoms with Gasteiger partial charge in [-0.2, -0.15) is 5.10 Å². The van der Waals surface area contributed by atoms with Crippen molar-refractivity contribution < 1.29 is 9.90 Å². The van der Waals surface area contributed by atoms with Crippen LogP contribution in [0.3, 0.4) is 0 Å². The fraction of sp³-hybridized carbons (Fsp3) is 0.600. The summed E-state index contributed by atoms with van der Waals surface area (Å²) in [5.41, 5.74) is 6.64. The van der Waals surface area contributed by atoms with Gasteiger partial charge in [-0.25, -0.2) is 4.68 Å². The summed E-state index contributed by atoms with van der Waals surface area (Å²) in [5, 5.41) is 12.9. The molecule has 82 valence electrons. The molecule has 0 aromatic carbocycles. The van der Waals surface area contributed by atoms with E-state index in [9.17, 15) is 4.79 Å². The highest BCUT2D eigenvalue weighted by Crippen LogP contribution is 2.33. The molecule has 0 amide bonds. The SMILES string of the molecule is Nc1cc(C2CCCC2)nn1CC(=O)O. The van der Waals surface area contributed by atoms with Crippen LogP contribution < -0.4 is 5.73 Å². The van der Waals surface area contributed by atoms with Gasteiger partial charge in [0.2, 0.25) is 0 Å². The molecule has 1 fully saturated rings. The van der Waals surface area contributed by atoms with Gasteiger partial charge in [0, 0.05) is 12.0 Å². The smallest absolute Gasteiger partial charge is 0.325 e. The molecule has 1 aromatic rings. The van der Waals surface area contributed by atoms with Crippen molar-refractivity contribution in [2.75, 3.05) is 5.73 Å². The number of aromatic nitrogens is 2. The van der Waals surface area contributed by atoms with E-state index in [1.165, 1.54) is 17.5 Å². The Morgan fingerprint density at radius 3 is 2.87 bits per heavy atom. The first-order valence-corrected chi connectivity index (χ1v) is 5.22. The van der Waals surface area contributed by atoms with Crippen molar-refractivity contribution >= 4 is 11.8 Å². The lowest BCUT2D eigenvalue weighted by molar-refractivity contribution is -0.137. The van der Waals surface area contributed by atoms with Gasteiger partial charge in [-0.3, -0.25) is 4.79 Å². The molecule has 0 radical (unpaired) electrons. The minimum atomic E-state index is -0.914. The van der Waals surface area contributed by atoms with E-state index < -0.39 is 5.97 Å². The van der Waals surface area contributed by atoms with E-state index in [-0.39, 0.29) is 6.54 Å². The summed E-state index contributed by atoms with van der Waals surface area (Å²) in [6.07, 6.45) is 4.75. The fourth-order valence-corrected chi connectivity index (χ4v) is 2.13. The third-order valence-electron chi connectivity index (χ3n) is 2.89. The molecule has 1 aliphatic rings. The van der Waals surface area contributed by atoms with Crippen molar-refractivity contribution in [1.82, 2.24) is 9.78 Å². The molecule has 0 spiro atoms. The molecule has 0 saturated heterocycles. The van der Waals surface area contributed by atoms with Crippen molar-refractivity contribution in [3.05, 3.63) is 11.8 Å². The molecule has 1 saturated carbocycles. The van der Waals surface area contributed by atoms with Crippen LogP contribution in [0.25, 0.3) is 0 Å². The summed E-state index contributed by atoms with van der Waals surface area (Å²) in [6, 6.07) is 1.80. The van der Waals surface area contributed by atoms with Gasteiger partial charge in [-0.1, -0.05) is 12.8 Å². The second kappa shape index (κ2) is 3.92. The number of carbonyl (C=O) groups is 1. The number of nitrogen functional groups attached to an aromatic ring is 1. The molecule has 5 nitrogen and oxygen atoms in total. The van der Waals surface area contributed by atoms with Crippen molar-refractivity contribution in [2.24, 2.45) is 0 Å². The summed E-state index contributed by atoms with van der Waals surface area (Å²) in [7, 11) is 0. The average molecular weight is 209 g/mol. The van der Waals surface area contributed by atoms with Crippen LogP contribution in [0.5, 0.6) is 0 Å². The molecule has 3 N–H and O–H groups in total. The molecule has 15 heavy (non-hydrogen) atoms. The van der Waals surface area contributed by atoms with Crippen LogP contribution >= 0.6 is 0 Å². The Kier molecular flexibility index (Phi) is 2.62. The molecular formula is C10H15N3O2. The zero-order chi connectivity index (χ0) is 10.8. The maximum Gasteiger partial charge on any atom is 0.325 e. The number of nitrogens with two attached hydrogens (primary N) is 1. The zero-order valence-electron chi connectivity index (χ0n) is 8.52. The van der Waals surface area contributed by atoms with E-state index in [0.717, 1.165) is 18.5 Å². The second-order valence-electron chi connectivity index (χ2n) is 4.03. The van der Waals surface area contributed by atoms with E-state index in [1.54, 1.807) is 6.07 Å². The molecule has 2 rings (SSSR count). The standard InChI is InChI=1S/C10H15N3O2/c11-9-5-8(7-3-1-2-4-7)12-13(9)6-10(14)15/h5,7H,1-4,6,11H2,(H,14,15). The van der Waals surface area contributed by atoms with E-state index in [1.807, 2.05) is 0 Å². The fourth-order valence-electron chi connectivity index (χ4n) is 2.13. The lowest BCUT2D eigenvalue weighted by Crippen LogP contribution is -2.12. The highest BCUT2D eigenvalue weighted by molar-refractivity contribution is 5.67. The molecule has 0 unspecified atom stereocenters. The number of carboxylic acid groups (broad SMARTS) is 1. The zero-order valence-corrected chi connectivity index (χ0v) is 8.52. The highest BCUT2D eigenvalue weighted by Gasteiger charge is 2.21. The van der Waals surface area contributed by atoms with Crippen LogP contribution in [0.1, 0.15) is 37.3 Å². The third kappa shape index (κ3) is 2.11. The molecular weight excluding hydrogens is 194 g/mol. The number of anilines is 1. The van der Waals surface area contributed by atoms with Gasteiger partial charge >= 0.3 is 5.97 Å². The van der Waals surface area contributed by atoms with Gasteiger partial charge in [-0.15, -0.1) is 0 Å². The van der Waals surface area contributed by atoms with Crippen LogP contribution in [-0.2, 0) is 11.3 Å². The van der Waals surface area contributed by atoms with Crippen LogP contribution in [0.4, 0.5) is 5.82 Å². The molecule has 1 heterocycles. The van der Waals surface area contributed by atoms with Gasteiger partial charge in [0.25, 0.3) is 0 Å². The largest absolute Gasteiger partial charge is 0.480 e. The number of hydrogen-bond donors (Lipinski definition) is 2. The monoisotopic (exact) mass is 209 g/mol. The molecule has 5 heteroatoms. The lowest BCUT2D eigenvalue weighted by atomic mass is 10.1. The Balaban J connectivity index is 2.16. The number of aliphatic carboxylic acids is 1. The summed E-state index contributed by atoms with van der Waals surface area (Å²) in [4.78, 5) is 10.5. The van der Waals surface area contributed by atoms with Crippen LogP contribution in [0.15, 0.2) is 6.07 Å². The van der Waals surface area contributed by atoms with Gasteiger partial charge in [-0.05, 0) is 12.8 Å². The summed E-state index contributed by atoms with van der Waals surface area (Å²) >= 11 is 0. The molecule has 1 aromatic heterocycles. The predicted octanol–water partition coefficient (Wildman–Crippen LogP) is 1.21. The molecule has 0 aliphatic heterocycles. The van der Waals surface area contributed by atoms with Crippen molar-refractivity contribution in [2.45, 2.75) is 38.1 Å². The van der Waals surface area contributed by atoms with Crippen molar-refractivity contribution in [1.29, 1.82) is 0 Å². The maximum absolute atomic E-state index is 10.5. The van der Waals surface area contributed by atoms with Crippen LogP contribution in [0.2, 0.25) is 0 Å². The Hall–Kier alpha value is -1.52. The van der Waals surface area contributed by atoms with E-state index >= 15 is 0 Å². The maximum atomic E-state index is 10.5. The molecule has 0 bridgehead atoms. The van der Waals surface area contributed by atoms with Gasteiger partial charge in [0.05, 0.1) is 5.69 Å². The summed E-state index contributed by atoms with van der Waals surface area (Å²) in [5.74, 6) is 0.00409. The van der Waals surface area contributed by atoms with E-state index in [0.29, 0.717) is 11.7 Å². The van der Waals surface area contributed by atoms with Gasteiger partial charge in [0.15, 0.2) is 0 Å².